The van der Waals surface area contributed by atoms with Crippen LogP contribution in [-0.4, -0.2) is 51.8 Å². The van der Waals surface area contributed by atoms with E-state index < -0.39 is 21.8 Å². The van der Waals surface area contributed by atoms with Gasteiger partial charge >= 0.3 is 0 Å². The van der Waals surface area contributed by atoms with E-state index in [1.807, 2.05) is 13.0 Å². The van der Waals surface area contributed by atoms with Crippen LogP contribution in [0.4, 0.5) is 11.4 Å². The molecule has 8 nitrogen and oxygen atoms in total. The van der Waals surface area contributed by atoms with Crippen LogP contribution in [0.3, 0.4) is 0 Å². The lowest BCUT2D eigenvalue weighted by Crippen LogP contribution is -2.43. The summed E-state index contributed by atoms with van der Waals surface area (Å²) in [5.74, 6) is -1.21. The molecule has 10 heteroatoms. The molecule has 0 aliphatic carbocycles. The van der Waals surface area contributed by atoms with Crippen LogP contribution < -0.4 is 16.0 Å². The number of fused-ring (bicyclic) bond motifs is 1. The molecule has 1 atom stereocenters. The second-order valence-corrected chi connectivity index (χ2v) is 10.5. The zero-order chi connectivity index (χ0) is 23.1. The number of hydrogen-bond acceptors (Lipinski definition) is 6. The highest BCUT2D eigenvalue weighted by atomic mass is 79.9. The van der Waals surface area contributed by atoms with Crippen LogP contribution >= 0.6 is 15.9 Å². The van der Waals surface area contributed by atoms with E-state index in [0.717, 1.165) is 4.47 Å². The molecule has 0 bridgehead atoms. The highest BCUT2D eigenvalue weighted by molar-refractivity contribution is 9.10. The van der Waals surface area contributed by atoms with Crippen molar-refractivity contribution in [2.75, 3.05) is 36.1 Å². The third kappa shape index (κ3) is 6.78. The second-order valence-electron chi connectivity index (χ2n) is 7.44. The SMILES string of the molecule is CCOCCCNC(=O)c1ccc2c(c1)NC(=O)C(CS(=O)(=O)Cc1cccc(Br)c1)N2. The highest BCUT2D eigenvalue weighted by Crippen LogP contribution is 2.28. The van der Waals surface area contributed by atoms with Crippen molar-refractivity contribution in [2.45, 2.75) is 25.1 Å². The summed E-state index contributed by atoms with van der Waals surface area (Å²) in [6.45, 7) is 3.61. The average Bonchev–Trinajstić information content (AvgIpc) is 2.73. The van der Waals surface area contributed by atoms with Crippen molar-refractivity contribution < 1.29 is 22.7 Å². The number of rotatable bonds is 10. The lowest BCUT2D eigenvalue weighted by molar-refractivity contribution is -0.116. The number of carbonyl (C=O) groups excluding carboxylic acids is 2. The lowest BCUT2D eigenvalue weighted by Gasteiger charge is -2.27. The number of nitrogens with one attached hydrogen (secondary N) is 3. The Kier molecular flexibility index (Phi) is 8.27. The van der Waals surface area contributed by atoms with E-state index in [9.17, 15) is 18.0 Å². The number of ether oxygens (including phenoxy) is 1. The molecule has 2 aromatic rings. The van der Waals surface area contributed by atoms with Crippen LogP contribution in [0, 0.1) is 0 Å². The first-order chi connectivity index (χ1) is 15.3. The van der Waals surface area contributed by atoms with Crippen molar-refractivity contribution in [2.24, 2.45) is 0 Å². The van der Waals surface area contributed by atoms with Gasteiger partial charge in [-0.25, -0.2) is 8.42 Å². The number of amides is 2. The summed E-state index contributed by atoms with van der Waals surface area (Å²) >= 11 is 3.33. The van der Waals surface area contributed by atoms with Crippen LogP contribution in [0.15, 0.2) is 46.9 Å². The standard InChI is InChI=1S/C22H26BrN3O5S/c1-2-31-10-4-9-24-21(27)16-7-8-18-19(12-16)26-22(28)20(25-18)14-32(29,30)13-15-5-3-6-17(23)11-15/h3,5-8,11-12,20,25H,2,4,9-10,13-14H2,1H3,(H,24,27)(H,26,28). The number of anilines is 2. The molecular weight excluding hydrogens is 498 g/mol. The molecule has 0 saturated heterocycles. The van der Waals surface area contributed by atoms with Gasteiger partial charge in [0, 0.05) is 29.8 Å². The first kappa shape index (κ1) is 24.2. The maximum atomic E-state index is 12.6. The Morgan fingerprint density at radius 3 is 2.75 bits per heavy atom. The minimum atomic E-state index is -3.54. The molecule has 0 spiro atoms. The summed E-state index contributed by atoms with van der Waals surface area (Å²) in [4.78, 5) is 24.9. The summed E-state index contributed by atoms with van der Waals surface area (Å²) in [5.41, 5.74) is 2.06. The van der Waals surface area contributed by atoms with Crippen molar-refractivity contribution in [3.8, 4) is 0 Å². The third-order valence-corrected chi connectivity index (χ3v) is 6.94. The molecule has 1 aliphatic rings. The van der Waals surface area contributed by atoms with Gasteiger partial charge in [0.15, 0.2) is 9.84 Å². The van der Waals surface area contributed by atoms with Gasteiger partial charge in [-0.1, -0.05) is 28.1 Å². The Bertz CT molecular complexity index is 1090. The highest BCUT2D eigenvalue weighted by Gasteiger charge is 2.30. The van der Waals surface area contributed by atoms with Gasteiger partial charge in [0.25, 0.3) is 5.91 Å². The molecule has 0 radical (unpaired) electrons. The predicted molar refractivity (Wildman–Crippen MR) is 128 cm³/mol. The molecule has 2 aromatic carbocycles. The van der Waals surface area contributed by atoms with Crippen molar-refractivity contribution >= 4 is 49.0 Å². The van der Waals surface area contributed by atoms with E-state index >= 15 is 0 Å². The van der Waals surface area contributed by atoms with Gasteiger partial charge in [-0.05, 0) is 49.2 Å². The summed E-state index contributed by atoms with van der Waals surface area (Å²) in [6, 6.07) is 11.0. The van der Waals surface area contributed by atoms with Gasteiger partial charge in [-0.15, -0.1) is 0 Å². The average molecular weight is 524 g/mol. The lowest BCUT2D eigenvalue weighted by atomic mass is 10.1. The van der Waals surface area contributed by atoms with Gasteiger partial charge < -0.3 is 20.7 Å². The van der Waals surface area contributed by atoms with Crippen molar-refractivity contribution in [1.82, 2.24) is 5.32 Å². The Labute approximate surface area is 196 Å². The maximum Gasteiger partial charge on any atom is 0.251 e. The van der Waals surface area contributed by atoms with Crippen molar-refractivity contribution in [1.29, 1.82) is 0 Å². The Morgan fingerprint density at radius 1 is 1.19 bits per heavy atom. The quantitative estimate of drug-likeness (QED) is 0.412. The van der Waals surface area contributed by atoms with E-state index in [0.29, 0.717) is 48.7 Å². The van der Waals surface area contributed by atoms with Crippen LogP contribution in [-0.2, 0) is 25.1 Å². The van der Waals surface area contributed by atoms with Crippen molar-refractivity contribution in [3.63, 3.8) is 0 Å². The largest absolute Gasteiger partial charge is 0.382 e. The molecular formula is C22H26BrN3O5S. The molecule has 0 saturated carbocycles. The molecule has 172 valence electrons. The normalized spacial score (nSPS) is 15.4. The number of hydrogen-bond donors (Lipinski definition) is 3. The number of halogens is 1. The summed E-state index contributed by atoms with van der Waals surface area (Å²) < 4.78 is 31.3. The van der Waals surface area contributed by atoms with E-state index in [4.69, 9.17) is 4.74 Å². The summed E-state index contributed by atoms with van der Waals surface area (Å²) in [7, 11) is -3.54. The minimum absolute atomic E-state index is 0.160. The number of sulfone groups is 1. The molecule has 1 unspecified atom stereocenters. The molecule has 3 rings (SSSR count). The van der Waals surface area contributed by atoms with E-state index in [1.54, 1.807) is 36.4 Å². The zero-order valence-corrected chi connectivity index (χ0v) is 20.1. The monoisotopic (exact) mass is 523 g/mol. The zero-order valence-electron chi connectivity index (χ0n) is 17.7. The number of benzene rings is 2. The van der Waals surface area contributed by atoms with Crippen LogP contribution in [0.1, 0.15) is 29.3 Å². The van der Waals surface area contributed by atoms with Gasteiger partial charge in [-0.2, -0.15) is 0 Å². The second kappa shape index (κ2) is 10.9. The molecule has 1 heterocycles. The Balaban J connectivity index is 1.61. The fraction of sp³-hybridized carbons (Fsp3) is 0.364. The Hall–Kier alpha value is -2.43. The molecule has 0 fully saturated rings. The van der Waals surface area contributed by atoms with Crippen LogP contribution in [0.25, 0.3) is 0 Å². The fourth-order valence-corrected chi connectivity index (χ4v) is 5.32. The molecule has 3 N–H and O–H groups in total. The first-order valence-electron chi connectivity index (χ1n) is 10.3. The molecule has 2 amide bonds. The van der Waals surface area contributed by atoms with Crippen LogP contribution in [0.5, 0.6) is 0 Å². The number of carbonyl (C=O) groups is 2. The summed E-state index contributed by atoms with van der Waals surface area (Å²) in [5, 5.41) is 8.50. The van der Waals surface area contributed by atoms with Gasteiger partial charge in [0.05, 0.1) is 22.9 Å². The Morgan fingerprint density at radius 2 is 2.00 bits per heavy atom. The van der Waals surface area contributed by atoms with Crippen LogP contribution in [0.2, 0.25) is 0 Å². The van der Waals surface area contributed by atoms with E-state index in [1.165, 1.54) is 0 Å². The third-order valence-electron chi connectivity index (χ3n) is 4.84. The fourth-order valence-electron chi connectivity index (χ4n) is 3.32. The van der Waals surface area contributed by atoms with Gasteiger partial charge in [-0.3, -0.25) is 9.59 Å². The molecule has 1 aliphatic heterocycles. The van der Waals surface area contributed by atoms with Crippen molar-refractivity contribution in [3.05, 3.63) is 58.1 Å². The van der Waals surface area contributed by atoms with Gasteiger partial charge in [0.1, 0.15) is 6.04 Å². The van der Waals surface area contributed by atoms with Gasteiger partial charge in [0.2, 0.25) is 5.91 Å². The molecule has 32 heavy (non-hydrogen) atoms. The smallest absolute Gasteiger partial charge is 0.251 e. The predicted octanol–water partition coefficient (Wildman–Crippen LogP) is 2.95. The van der Waals surface area contributed by atoms with E-state index in [-0.39, 0.29) is 17.4 Å². The molecule has 0 aromatic heterocycles. The first-order valence-corrected chi connectivity index (χ1v) is 12.9. The van der Waals surface area contributed by atoms with E-state index in [2.05, 4.69) is 31.9 Å². The minimum Gasteiger partial charge on any atom is -0.382 e. The maximum absolute atomic E-state index is 12.6. The topological polar surface area (TPSA) is 114 Å². The summed E-state index contributed by atoms with van der Waals surface area (Å²) in [6.07, 6.45) is 0.707.